The topological polar surface area (TPSA) is 57.7 Å². The Morgan fingerprint density at radius 3 is 2.56 bits per heavy atom. The number of rotatable bonds is 5. The molecule has 4 rings (SSSR count). The Kier molecular flexibility index (Phi) is 6.42. The lowest BCUT2D eigenvalue weighted by Gasteiger charge is -2.32. The van der Waals surface area contributed by atoms with Crippen molar-refractivity contribution in [3.63, 3.8) is 0 Å². The molecule has 0 aliphatic carbocycles. The van der Waals surface area contributed by atoms with Crippen molar-refractivity contribution < 1.29 is 9.53 Å². The van der Waals surface area contributed by atoms with Crippen molar-refractivity contribution in [2.45, 2.75) is 20.0 Å². The minimum atomic E-state index is -0.147. The number of morpholine rings is 1. The molecule has 0 saturated carbocycles. The minimum Gasteiger partial charge on any atom is -0.378 e. The number of hydrogen-bond acceptors (Lipinski definition) is 5. The summed E-state index contributed by atoms with van der Waals surface area (Å²) in [6.45, 7) is 6.47. The molecule has 1 saturated heterocycles. The number of pyridine rings is 1. The van der Waals surface area contributed by atoms with Crippen molar-refractivity contribution in [1.29, 1.82) is 0 Å². The zero-order valence-electron chi connectivity index (χ0n) is 19.1. The van der Waals surface area contributed by atoms with Crippen LogP contribution in [0.5, 0.6) is 0 Å². The molecule has 1 fully saturated rings. The van der Waals surface area contributed by atoms with E-state index in [2.05, 4.69) is 58.2 Å². The summed E-state index contributed by atoms with van der Waals surface area (Å²) in [6, 6.07) is 18.0. The molecule has 1 atom stereocenters. The van der Waals surface area contributed by atoms with Crippen LogP contribution in [0.3, 0.4) is 0 Å². The van der Waals surface area contributed by atoms with Crippen LogP contribution >= 0.6 is 0 Å². The van der Waals surface area contributed by atoms with Crippen molar-refractivity contribution in [2.24, 2.45) is 0 Å². The first-order valence-electron chi connectivity index (χ1n) is 10.9. The quantitative estimate of drug-likeness (QED) is 0.641. The van der Waals surface area contributed by atoms with Crippen LogP contribution in [0.1, 0.15) is 22.8 Å². The van der Waals surface area contributed by atoms with Gasteiger partial charge in [0.05, 0.1) is 24.6 Å². The lowest BCUT2D eigenvalue weighted by atomic mass is 9.97. The van der Waals surface area contributed by atoms with Crippen LogP contribution < -0.4 is 15.1 Å². The summed E-state index contributed by atoms with van der Waals surface area (Å²) in [7, 11) is 4.04. The van der Waals surface area contributed by atoms with E-state index in [1.54, 1.807) is 6.20 Å². The van der Waals surface area contributed by atoms with E-state index in [-0.39, 0.29) is 12.0 Å². The van der Waals surface area contributed by atoms with E-state index in [4.69, 9.17) is 4.74 Å². The first-order valence-corrected chi connectivity index (χ1v) is 10.9. The third-order valence-corrected chi connectivity index (χ3v) is 5.77. The van der Waals surface area contributed by atoms with Crippen molar-refractivity contribution in [1.82, 2.24) is 4.98 Å². The second-order valence-electron chi connectivity index (χ2n) is 8.46. The Balaban J connectivity index is 1.48. The van der Waals surface area contributed by atoms with Gasteiger partial charge in [0.1, 0.15) is 5.82 Å². The molecule has 0 radical (unpaired) electrons. The van der Waals surface area contributed by atoms with Gasteiger partial charge in [-0.3, -0.25) is 4.79 Å². The fourth-order valence-corrected chi connectivity index (χ4v) is 3.89. The van der Waals surface area contributed by atoms with Crippen LogP contribution in [0.4, 0.5) is 17.2 Å². The number of carbonyl (C=O) groups is 1. The first kappa shape index (κ1) is 21.8. The lowest BCUT2D eigenvalue weighted by Crippen LogP contribution is -2.41. The number of ether oxygens (including phenoxy) is 1. The van der Waals surface area contributed by atoms with Gasteiger partial charge in [0.15, 0.2) is 0 Å². The van der Waals surface area contributed by atoms with Crippen molar-refractivity contribution in [3.8, 4) is 11.1 Å². The highest BCUT2D eigenvalue weighted by molar-refractivity contribution is 6.05. The maximum atomic E-state index is 12.9. The third-order valence-electron chi connectivity index (χ3n) is 5.77. The molecule has 1 unspecified atom stereocenters. The number of carbonyl (C=O) groups excluding carboxylic acids is 1. The maximum absolute atomic E-state index is 12.9. The molecule has 0 spiro atoms. The summed E-state index contributed by atoms with van der Waals surface area (Å²) >= 11 is 0. The number of nitrogens with zero attached hydrogens (tertiary/aromatic N) is 3. The fourth-order valence-electron chi connectivity index (χ4n) is 3.89. The van der Waals surface area contributed by atoms with E-state index in [1.165, 1.54) is 0 Å². The van der Waals surface area contributed by atoms with E-state index in [0.29, 0.717) is 17.9 Å². The number of amides is 1. The molecule has 2 heterocycles. The summed E-state index contributed by atoms with van der Waals surface area (Å²) in [5.74, 6) is 0.752. The molecule has 2 aromatic carbocycles. The van der Waals surface area contributed by atoms with Crippen LogP contribution in [0, 0.1) is 6.92 Å². The van der Waals surface area contributed by atoms with E-state index < -0.39 is 0 Å². The van der Waals surface area contributed by atoms with Gasteiger partial charge in [0.25, 0.3) is 5.91 Å². The Morgan fingerprint density at radius 2 is 1.91 bits per heavy atom. The van der Waals surface area contributed by atoms with Gasteiger partial charge in [-0.05, 0) is 66.9 Å². The second kappa shape index (κ2) is 9.40. The number of benzene rings is 2. The number of aryl methyl sites for hydroxylation is 1. The Morgan fingerprint density at radius 1 is 1.12 bits per heavy atom. The zero-order valence-corrected chi connectivity index (χ0v) is 19.1. The normalized spacial score (nSPS) is 16.0. The van der Waals surface area contributed by atoms with Crippen molar-refractivity contribution >= 4 is 23.1 Å². The van der Waals surface area contributed by atoms with Crippen LogP contribution in [-0.2, 0) is 4.74 Å². The molecule has 3 aromatic rings. The van der Waals surface area contributed by atoms with E-state index >= 15 is 0 Å². The highest BCUT2D eigenvalue weighted by Gasteiger charge is 2.18. The van der Waals surface area contributed by atoms with E-state index in [0.717, 1.165) is 41.3 Å². The summed E-state index contributed by atoms with van der Waals surface area (Å²) in [6.07, 6.45) is 1.90. The number of aromatic nitrogens is 1. The van der Waals surface area contributed by atoms with Gasteiger partial charge < -0.3 is 19.9 Å². The Bertz CT molecular complexity index is 1080. The summed E-state index contributed by atoms with van der Waals surface area (Å²) < 4.78 is 5.59. The number of anilines is 3. The smallest absolute Gasteiger partial charge is 0.255 e. The molecule has 1 aliphatic heterocycles. The fraction of sp³-hybridized carbons (Fsp3) is 0.308. The predicted octanol–water partition coefficient (Wildman–Crippen LogP) is 4.60. The summed E-state index contributed by atoms with van der Waals surface area (Å²) in [5, 5.41) is 2.97. The Labute approximate surface area is 189 Å². The molecular weight excluding hydrogens is 400 g/mol. The van der Waals surface area contributed by atoms with E-state index in [1.807, 2.05) is 44.4 Å². The number of hydrogen-bond donors (Lipinski definition) is 1. The molecule has 1 aliphatic rings. The zero-order chi connectivity index (χ0) is 22.7. The van der Waals surface area contributed by atoms with Crippen LogP contribution in [0.25, 0.3) is 11.1 Å². The summed E-state index contributed by atoms with van der Waals surface area (Å²) in [4.78, 5) is 21.7. The first-order chi connectivity index (χ1) is 15.4. The Hall–Kier alpha value is -3.38. The molecule has 6 nitrogen and oxygen atoms in total. The largest absolute Gasteiger partial charge is 0.378 e. The molecule has 32 heavy (non-hydrogen) atoms. The van der Waals surface area contributed by atoms with Crippen molar-refractivity contribution in [2.75, 3.05) is 48.9 Å². The third kappa shape index (κ3) is 4.92. The highest BCUT2D eigenvalue weighted by atomic mass is 16.5. The second-order valence-corrected chi connectivity index (χ2v) is 8.46. The standard InChI is InChI=1S/C26H30N4O2/c1-18-5-6-21(15-24(18)20-7-10-23(11-8-20)29(3)4)26(31)28-22-9-12-25(27-16-22)30-13-14-32-19(2)17-30/h5-12,15-16,19H,13-14,17H2,1-4H3,(H,28,31). The predicted molar refractivity (Wildman–Crippen MR) is 131 cm³/mol. The summed E-state index contributed by atoms with van der Waals surface area (Å²) in [5.41, 5.74) is 5.71. The molecule has 6 heteroatoms. The molecule has 0 bridgehead atoms. The minimum absolute atomic E-state index is 0.147. The van der Waals surface area contributed by atoms with Gasteiger partial charge >= 0.3 is 0 Å². The molecule has 1 N–H and O–H groups in total. The molecule has 1 aromatic heterocycles. The monoisotopic (exact) mass is 430 g/mol. The number of nitrogens with one attached hydrogen (secondary N) is 1. The van der Waals surface area contributed by atoms with Gasteiger partial charge in [-0.25, -0.2) is 4.98 Å². The van der Waals surface area contributed by atoms with Gasteiger partial charge in [-0.1, -0.05) is 18.2 Å². The average molecular weight is 431 g/mol. The van der Waals surface area contributed by atoms with Gasteiger partial charge in [0, 0.05) is 38.4 Å². The van der Waals surface area contributed by atoms with Crippen LogP contribution in [0.2, 0.25) is 0 Å². The van der Waals surface area contributed by atoms with Crippen molar-refractivity contribution in [3.05, 3.63) is 71.9 Å². The molecule has 1 amide bonds. The molecule has 166 valence electrons. The van der Waals surface area contributed by atoms with Crippen LogP contribution in [0.15, 0.2) is 60.8 Å². The SMILES string of the molecule is Cc1ccc(C(=O)Nc2ccc(N3CCOC(C)C3)nc2)cc1-c1ccc(N(C)C)cc1. The highest BCUT2D eigenvalue weighted by Crippen LogP contribution is 2.27. The van der Waals surface area contributed by atoms with E-state index in [9.17, 15) is 4.79 Å². The lowest BCUT2D eigenvalue weighted by molar-refractivity contribution is 0.0529. The molecular formula is C26H30N4O2. The maximum Gasteiger partial charge on any atom is 0.255 e. The van der Waals surface area contributed by atoms with Gasteiger partial charge in [-0.2, -0.15) is 0 Å². The average Bonchev–Trinajstić information content (AvgIpc) is 2.80. The van der Waals surface area contributed by atoms with Gasteiger partial charge in [0.2, 0.25) is 0 Å². The van der Waals surface area contributed by atoms with Gasteiger partial charge in [-0.15, -0.1) is 0 Å². The van der Waals surface area contributed by atoms with Crippen LogP contribution in [-0.4, -0.2) is 50.8 Å².